The largest absolute Gasteiger partial charge is 0.339 e. The van der Waals surface area contributed by atoms with Gasteiger partial charge in [-0.3, -0.25) is 4.79 Å². The first-order valence-corrected chi connectivity index (χ1v) is 6.31. The summed E-state index contributed by atoms with van der Waals surface area (Å²) in [6.07, 6.45) is 0.684. The van der Waals surface area contributed by atoms with Gasteiger partial charge in [0.25, 0.3) is 5.91 Å². The van der Waals surface area contributed by atoms with E-state index >= 15 is 0 Å². The average Bonchev–Trinajstić information content (AvgIpc) is 2.33. The van der Waals surface area contributed by atoms with Crippen LogP contribution < -0.4 is 0 Å². The molecule has 0 fully saturated rings. The monoisotopic (exact) mass is 277 g/mol. The van der Waals surface area contributed by atoms with Gasteiger partial charge in [0.2, 0.25) is 0 Å². The molecule has 0 radical (unpaired) electrons. The Morgan fingerprint density at radius 1 is 1.47 bits per heavy atom. The summed E-state index contributed by atoms with van der Waals surface area (Å²) in [5, 5.41) is 0.350. The fraction of sp³-hybridized carbons (Fsp3) is 0.417. The van der Waals surface area contributed by atoms with Crippen LogP contribution in [0.4, 0.5) is 4.39 Å². The minimum Gasteiger partial charge on any atom is -0.339 e. The molecule has 0 bridgehead atoms. The predicted octanol–water partition coefficient (Wildman–Crippen LogP) is 3.57. The van der Waals surface area contributed by atoms with Crippen LogP contribution in [0.25, 0.3) is 0 Å². The maximum atomic E-state index is 13.5. The molecule has 0 atom stereocenters. The number of hydrogen-bond donors (Lipinski definition) is 0. The number of alkyl halides is 1. The molecule has 17 heavy (non-hydrogen) atoms. The summed E-state index contributed by atoms with van der Waals surface area (Å²) in [6.45, 7) is 2.88. The lowest BCUT2D eigenvalue weighted by molar-refractivity contribution is 0.0760. The molecular formula is C12H14Cl2FNO. The maximum Gasteiger partial charge on any atom is 0.256 e. The number of halogens is 3. The zero-order valence-electron chi connectivity index (χ0n) is 9.55. The normalized spacial score (nSPS) is 10.4. The molecule has 0 unspecified atom stereocenters. The molecule has 5 heteroatoms. The Morgan fingerprint density at radius 2 is 2.18 bits per heavy atom. The smallest absolute Gasteiger partial charge is 0.256 e. The van der Waals surface area contributed by atoms with E-state index < -0.39 is 5.82 Å². The van der Waals surface area contributed by atoms with Gasteiger partial charge in [-0.05, 0) is 31.5 Å². The fourth-order valence-corrected chi connectivity index (χ4v) is 1.78. The van der Waals surface area contributed by atoms with E-state index in [0.29, 0.717) is 30.4 Å². The van der Waals surface area contributed by atoms with Crippen molar-refractivity contribution >= 4 is 29.1 Å². The van der Waals surface area contributed by atoms with Crippen LogP contribution in [0.15, 0.2) is 18.2 Å². The summed E-state index contributed by atoms with van der Waals surface area (Å²) < 4.78 is 13.5. The van der Waals surface area contributed by atoms with Gasteiger partial charge in [0, 0.05) is 24.0 Å². The van der Waals surface area contributed by atoms with Crippen LogP contribution in [-0.2, 0) is 0 Å². The van der Waals surface area contributed by atoms with Crippen LogP contribution in [0.2, 0.25) is 5.02 Å². The molecule has 1 aromatic rings. The number of hydrogen-bond acceptors (Lipinski definition) is 1. The van der Waals surface area contributed by atoms with Gasteiger partial charge in [-0.2, -0.15) is 0 Å². The molecule has 0 aliphatic heterocycles. The number of nitrogens with zero attached hydrogens (tertiary/aromatic N) is 1. The molecule has 1 aromatic carbocycles. The van der Waals surface area contributed by atoms with Gasteiger partial charge in [0.15, 0.2) is 0 Å². The van der Waals surface area contributed by atoms with E-state index in [9.17, 15) is 9.18 Å². The summed E-state index contributed by atoms with van der Waals surface area (Å²) in [5.74, 6) is -0.428. The molecule has 0 aromatic heterocycles. The quantitative estimate of drug-likeness (QED) is 0.754. The molecule has 1 rings (SSSR count). The lowest BCUT2D eigenvalue weighted by atomic mass is 10.2. The number of carbonyl (C=O) groups excluding carboxylic acids is 1. The number of amides is 1. The lowest BCUT2D eigenvalue weighted by Gasteiger charge is -2.20. The first-order chi connectivity index (χ1) is 8.10. The van der Waals surface area contributed by atoms with Crippen LogP contribution >= 0.6 is 23.2 Å². The van der Waals surface area contributed by atoms with Gasteiger partial charge < -0.3 is 4.90 Å². The van der Waals surface area contributed by atoms with Crippen molar-refractivity contribution in [3.63, 3.8) is 0 Å². The molecule has 0 aliphatic rings. The van der Waals surface area contributed by atoms with Gasteiger partial charge in [0.05, 0.1) is 5.56 Å². The second kappa shape index (κ2) is 6.82. The molecule has 94 valence electrons. The minimum atomic E-state index is -0.552. The fourth-order valence-electron chi connectivity index (χ4n) is 1.49. The van der Waals surface area contributed by atoms with E-state index in [0.717, 1.165) is 0 Å². The molecule has 0 aliphatic carbocycles. The van der Waals surface area contributed by atoms with Crippen molar-refractivity contribution < 1.29 is 9.18 Å². The van der Waals surface area contributed by atoms with Crippen molar-refractivity contribution in [3.05, 3.63) is 34.6 Å². The summed E-state index contributed by atoms with van der Waals surface area (Å²) in [5.41, 5.74) is 0.00826. The zero-order valence-corrected chi connectivity index (χ0v) is 11.1. The van der Waals surface area contributed by atoms with Gasteiger partial charge in [-0.25, -0.2) is 4.39 Å². The Bertz CT molecular complexity index is 398. The van der Waals surface area contributed by atoms with Crippen LogP contribution in [-0.4, -0.2) is 29.8 Å². The highest BCUT2D eigenvalue weighted by Gasteiger charge is 2.17. The van der Waals surface area contributed by atoms with Crippen LogP contribution in [0, 0.1) is 5.82 Å². The van der Waals surface area contributed by atoms with Crippen LogP contribution in [0.3, 0.4) is 0 Å². The Kier molecular flexibility index (Phi) is 5.72. The van der Waals surface area contributed by atoms with E-state index in [1.165, 1.54) is 18.2 Å². The van der Waals surface area contributed by atoms with Crippen molar-refractivity contribution in [1.82, 2.24) is 4.90 Å². The third-order valence-electron chi connectivity index (χ3n) is 2.39. The standard InChI is InChI=1S/C12H14Cl2FNO/c1-2-16(7-3-6-13)12(17)10-8-9(14)4-5-11(10)15/h4-5,8H,2-3,6-7H2,1H3. The summed E-state index contributed by atoms with van der Waals surface area (Å²) in [7, 11) is 0. The number of carbonyl (C=O) groups is 1. The van der Waals surface area contributed by atoms with E-state index in [-0.39, 0.29) is 11.5 Å². The lowest BCUT2D eigenvalue weighted by Crippen LogP contribution is -2.32. The number of rotatable bonds is 5. The van der Waals surface area contributed by atoms with Crippen LogP contribution in [0.1, 0.15) is 23.7 Å². The highest BCUT2D eigenvalue weighted by Crippen LogP contribution is 2.17. The van der Waals surface area contributed by atoms with Crippen LogP contribution in [0.5, 0.6) is 0 Å². The van der Waals surface area contributed by atoms with E-state index in [4.69, 9.17) is 23.2 Å². The van der Waals surface area contributed by atoms with Crippen molar-refractivity contribution in [2.24, 2.45) is 0 Å². The van der Waals surface area contributed by atoms with Crippen molar-refractivity contribution in [1.29, 1.82) is 0 Å². The van der Waals surface area contributed by atoms with E-state index in [1.807, 2.05) is 6.92 Å². The van der Waals surface area contributed by atoms with E-state index in [1.54, 1.807) is 4.90 Å². The number of benzene rings is 1. The minimum absolute atomic E-state index is 0.00826. The molecule has 0 N–H and O–H groups in total. The van der Waals surface area contributed by atoms with Gasteiger partial charge in [-0.15, -0.1) is 11.6 Å². The third kappa shape index (κ3) is 3.86. The summed E-state index contributed by atoms with van der Waals surface area (Å²) in [6, 6.07) is 3.97. The molecule has 0 heterocycles. The first-order valence-electron chi connectivity index (χ1n) is 5.40. The molecule has 0 saturated heterocycles. The highest BCUT2D eigenvalue weighted by atomic mass is 35.5. The SMILES string of the molecule is CCN(CCCCl)C(=O)c1cc(Cl)ccc1F. The second-order valence-electron chi connectivity index (χ2n) is 3.55. The highest BCUT2D eigenvalue weighted by molar-refractivity contribution is 6.31. The zero-order chi connectivity index (χ0) is 12.8. The van der Waals surface area contributed by atoms with Gasteiger partial charge in [0.1, 0.15) is 5.82 Å². The Labute approximate surface area is 110 Å². The predicted molar refractivity (Wildman–Crippen MR) is 68.3 cm³/mol. The van der Waals surface area contributed by atoms with Gasteiger partial charge >= 0.3 is 0 Å². The summed E-state index contributed by atoms with van der Waals surface area (Å²) in [4.78, 5) is 13.6. The maximum absolute atomic E-state index is 13.5. The van der Waals surface area contributed by atoms with Crippen molar-refractivity contribution in [2.45, 2.75) is 13.3 Å². The van der Waals surface area contributed by atoms with Crippen molar-refractivity contribution in [3.8, 4) is 0 Å². The third-order valence-corrected chi connectivity index (χ3v) is 2.89. The molecule has 2 nitrogen and oxygen atoms in total. The summed E-state index contributed by atoms with van der Waals surface area (Å²) >= 11 is 11.3. The second-order valence-corrected chi connectivity index (χ2v) is 4.37. The molecule has 1 amide bonds. The topological polar surface area (TPSA) is 20.3 Å². The average molecular weight is 278 g/mol. The molecule has 0 spiro atoms. The van der Waals surface area contributed by atoms with Crippen molar-refractivity contribution in [2.75, 3.05) is 19.0 Å². The van der Waals surface area contributed by atoms with E-state index in [2.05, 4.69) is 0 Å². The Morgan fingerprint density at radius 3 is 2.76 bits per heavy atom. The Balaban J connectivity index is 2.89. The first kappa shape index (κ1) is 14.3. The molecule has 0 saturated carbocycles. The molecular weight excluding hydrogens is 264 g/mol. The van der Waals surface area contributed by atoms with Gasteiger partial charge in [-0.1, -0.05) is 11.6 Å². The Hall–Kier alpha value is -0.800.